The summed E-state index contributed by atoms with van der Waals surface area (Å²) in [5, 5.41) is 4.03. The molecule has 2 aromatic rings. The number of para-hydroxylation sites is 1. The number of carbonyl (C=O) groups is 1. The van der Waals surface area contributed by atoms with Gasteiger partial charge in [0.05, 0.1) is 17.0 Å². The van der Waals surface area contributed by atoms with E-state index in [0.29, 0.717) is 17.0 Å². The molecule has 0 radical (unpaired) electrons. The number of anilines is 1. The lowest BCUT2D eigenvalue weighted by Crippen LogP contribution is -2.27. The first kappa shape index (κ1) is 20.3. The van der Waals surface area contributed by atoms with E-state index in [9.17, 15) is 18.0 Å². The fourth-order valence-corrected chi connectivity index (χ4v) is 2.10. The normalized spacial score (nSPS) is 11.9. The number of nitrogens with zero attached hydrogens (tertiary/aromatic N) is 2. The Balaban J connectivity index is 2.06. The number of rotatable bonds is 6. The summed E-state index contributed by atoms with van der Waals surface area (Å²) in [6.07, 6.45) is -4.46. The monoisotopic (exact) mass is 379 g/mol. The number of hydrogen-bond acceptors (Lipinski definition) is 4. The van der Waals surface area contributed by atoms with Gasteiger partial charge in [-0.15, -0.1) is 0 Å². The largest absolute Gasteiger partial charge is 0.484 e. The van der Waals surface area contributed by atoms with E-state index in [-0.39, 0.29) is 18.2 Å². The Kier molecular flexibility index (Phi) is 6.44. The SMILES string of the molecule is C/C(=N\Nc1ccccc1C(F)(F)F)c1ccc(OCC(=O)N(C)C)cc1. The van der Waals surface area contributed by atoms with Gasteiger partial charge >= 0.3 is 6.18 Å². The first-order valence-corrected chi connectivity index (χ1v) is 8.08. The van der Waals surface area contributed by atoms with Crippen molar-refractivity contribution in [2.45, 2.75) is 13.1 Å². The van der Waals surface area contributed by atoms with E-state index >= 15 is 0 Å². The summed E-state index contributed by atoms with van der Waals surface area (Å²) >= 11 is 0. The van der Waals surface area contributed by atoms with Crippen molar-refractivity contribution in [1.82, 2.24) is 4.90 Å². The number of amides is 1. The van der Waals surface area contributed by atoms with Crippen LogP contribution in [0.25, 0.3) is 0 Å². The minimum Gasteiger partial charge on any atom is -0.484 e. The van der Waals surface area contributed by atoms with E-state index < -0.39 is 11.7 Å². The number of carbonyl (C=O) groups excluding carboxylic acids is 1. The molecular formula is C19H20F3N3O2. The van der Waals surface area contributed by atoms with Crippen LogP contribution in [-0.4, -0.2) is 37.2 Å². The zero-order valence-electron chi connectivity index (χ0n) is 15.2. The number of benzene rings is 2. The first-order chi connectivity index (χ1) is 12.7. The molecule has 144 valence electrons. The van der Waals surface area contributed by atoms with E-state index in [1.165, 1.54) is 23.1 Å². The van der Waals surface area contributed by atoms with Gasteiger partial charge in [-0.05, 0) is 48.9 Å². The van der Waals surface area contributed by atoms with Gasteiger partial charge in [0.15, 0.2) is 6.61 Å². The van der Waals surface area contributed by atoms with Crippen molar-refractivity contribution in [3.05, 3.63) is 59.7 Å². The van der Waals surface area contributed by atoms with E-state index in [2.05, 4.69) is 10.5 Å². The Hall–Kier alpha value is -3.03. The molecule has 0 aliphatic rings. The van der Waals surface area contributed by atoms with E-state index in [4.69, 9.17) is 4.74 Å². The minimum absolute atomic E-state index is 0.0742. The zero-order valence-corrected chi connectivity index (χ0v) is 15.2. The highest BCUT2D eigenvalue weighted by atomic mass is 19.4. The van der Waals surface area contributed by atoms with Gasteiger partial charge in [-0.1, -0.05) is 12.1 Å². The quantitative estimate of drug-likeness (QED) is 0.610. The lowest BCUT2D eigenvalue weighted by molar-refractivity contribution is -0.137. The molecule has 2 aromatic carbocycles. The topological polar surface area (TPSA) is 53.9 Å². The number of hydrogen-bond donors (Lipinski definition) is 1. The van der Waals surface area contributed by atoms with Gasteiger partial charge in [0.25, 0.3) is 5.91 Å². The van der Waals surface area contributed by atoms with Gasteiger partial charge in [-0.25, -0.2) is 0 Å². The molecule has 5 nitrogen and oxygen atoms in total. The number of alkyl halides is 3. The van der Waals surface area contributed by atoms with Crippen LogP contribution in [0.3, 0.4) is 0 Å². The lowest BCUT2D eigenvalue weighted by atomic mass is 10.1. The van der Waals surface area contributed by atoms with Gasteiger partial charge in [0.2, 0.25) is 0 Å². The number of likely N-dealkylation sites (N-methyl/N-ethyl adjacent to an activating group) is 1. The third-order valence-corrected chi connectivity index (χ3v) is 3.71. The van der Waals surface area contributed by atoms with Crippen molar-refractivity contribution in [2.75, 3.05) is 26.1 Å². The first-order valence-electron chi connectivity index (χ1n) is 8.08. The zero-order chi connectivity index (χ0) is 20.0. The summed E-state index contributed by atoms with van der Waals surface area (Å²) in [5.41, 5.74) is 2.78. The average molecular weight is 379 g/mol. The standard InChI is InChI=1S/C19H20F3N3O2/c1-13(23-24-17-7-5-4-6-16(17)19(20,21)22)14-8-10-15(11-9-14)27-12-18(26)25(2)3/h4-11,24H,12H2,1-3H3/b23-13+. The van der Waals surface area contributed by atoms with Crippen molar-refractivity contribution in [3.63, 3.8) is 0 Å². The maximum Gasteiger partial charge on any atom is 0.418 e. The second-order valence-corrected chi connectivity index (χ2v) is 5.95. The molecule has 0 saturated heterocycles. The molecule has 0 spiro atoms. The lowest BCUT2D eigenvalue weighted by Gasteiger charge is -2.13. The molecule has 0 unspecified atom stereocenters. The molecule has 2 rings (SSSR count). The third kappa shape index (κ3) is 5.73. The van der Waals surface area contributed by atoms with Gasteiger partial charge < -0.3 is 9.64 Å². The van der Waals surface area contributed by atoms with E-state index in [1.807, 2.05) is 0 Å². The summed E-state index contributed by atoms with van der Waals surface area (Å²) in [6, 6.07) is 11.9. The number of nitrogens with one attached hydrogen (secondary N) is 1. The molecule has 27 heavy (non-hydrogen) atoms. The highest BCUT2D eigenvalue weighted by Crippen LogP contribution is 2.34. The summed E-state index contributed by atoms with van der Waals surface area (Å²) in [5.74, 6) is 0.349. The Morgan fingerprint density at radius 2 is 1.74 bits per heavy atom. The molecule has 0 aliphatic carbocycles. The smallest absolute Gasteiger partial charge is 0.418 e. The van der Waals surface area contributed by atoms with Gasteiger partial charge in [-0.2, -0.15) is 18.3 Å². The Morgan fingerprint density at radius 3 is 2.33 bits per heavy atom. The van der Waals surface area contributed by atoms with Crippen LogP contribution >= 0.6 is 0 Å². The van der Waals surface area contributed by atoms with Crippen LogP contribution in [0.2, 0.25) is 0 Å². The van der Waals surface area contributed by atoms with Crippen LogP contribution in [0.5, 0.6) is 5.75 Å². The highest BCUT2D eigenvalue weighted by molar-refractivity contribution is 5.99. The maximum atomic E-state index is 13.0. The highest BCUT2D eigenvalue weighted by Gasteiger charge is 2.33. The summed E-state index contributed by atoms with van der Waals surface area (Å²) in [4.78, 5) is 12.9. The molecule has 1 amide bonds. The molecule has 8 heteroatoms. The fraction of sp³-hybridized carbons (Fsp3) is 0.263. The Bertz CT molecular complexity index is 816. The van der Waals surface area contributed by atoms with Crippen molar-refractivity contribution >= 4 is 17.3 Å². The Labute approximate surface area is 155 Å². The van der Waals surface area contributed by atoms with Crippen LogP contribution in [0.15, 0.2) is 53.6 Å². The van der Waals surface area contributed by atoms with Crippen LogP contribution in [0, 0.1) is 0 Å². The second kappa shape index (κ2) is 8.57. The predicted molar refractivity (Wildman–Crippen MR) is 97.9 cm³/mol. The summed E-state index contributed by atoms with van der Waals surface area (Å²) in [7, 11) is 3.27. The third-order valence-electron chi connectivity index (χ3n) is 3.71. The van der Waals surface area contributed by atoms with E-state index in [0.717, 1.165) is 6.07 Å². The molecule has 0 atom stereocenters. The summed E-state index contributed by atoms with van der Waals surface area (Å²) < 4.78 is 44.3. The van der Waals surface area contributed by atoms with E-state index in [1.54, 1.807) is 45.3 Å². The molecule has 0 fully saturated rings. The minimum atomic E-state index is -4.46. The molecule has 0 bridgehead atoms. The van der Waals surface area contributed by atoms with Gasteiger partial charge in [0.1, 0.15) is 5.75 Å². The molecular weight excluding hydrogens is 359 g/mol. The molecule has 0 saturated carbocycles. The van der Waals surface area contributed by atoms with Crippen LogP contribution < -0.4 is 10.2 Å². The molecule has 0 heterocycles. The fourth-order valence-electron chi connectivity index (χ4n) is 2.10. The number of hydrazone groups is 1. The van der Waals surface area contributed by atoms with Crippen molar-refractivity contribution < 1.29 is 22.7 Å². The summed E-state index contributed by atoms with van der Waals surface area (Å²) in [6.45, 7) is 1.60. The average Bonchev–Trinajstić information content (AvgIpc) is 2.64. The second-order valence-electron chi connectivity index (χ2n) is 5.95. The van der Waals surface area contributed by atoms with Crippen molar-refractivity contribution in [2.24, 2.45) is 5.10 Å². The van der Waals surface area contributed by atoms with Gasteiger partial charge in [-0.3, -0.25) is 10.2 Å². The molecule has 1 N–H and O–H groups in total. The van der Waals surface area contributed by atoms with Crippen molar-refractivity contribution in [1.29, 1.82) is 0 Å². The number of ether oxygens (including phenoxy) is 1. The predicted octanol–water partition coefficient (Wildman–Crippen LogP) is 4.01. The number of halogens is 3. The van der Waals surface area contributed by atoms with Crippen molar-refractivity contribution in [3.8, 4) is 5.75 Å². The van der Waals surface area contributed by atoms with Crippen LogP contribution in [0.4, 0.5) is 18.9 Å². The Morgan fingerprint density at radius 1 is 1.11 bits per heavy atom. The van der Waals surface area contributed by atoms with Crippen LogP contribution in [-0.2, 0) is 11.0 Å². The van der Waals surface area contributed by atoms with Crippen LogP contribution in [0.1, 0.15) is 18.1 Å². The molecule has 0 aromatic heterocycles. The maximum absolute atomic E-state index is 13.0. The molecule has 0 aliphatic heterocycles. The van der Waals surface area contributed by atoms with Gasteiger partial charge in [0, 0.05) is 14.1 Å².